The van der Waals surface area contributed by atoms with Gasteiger partial charge in [0.1, 0.15) is 6.61 Å². The molecule has 0 amide bonds. The number of quaternary nitrogens is 1. The number of rotatable bonds is 27. The lowest BCUT2D eigenvalue weighted by molar-refractivity contribution is -0.887. The lowest BCUT2D eigenvalue weighted by Crippen LogP contribution is -2.50. The zero-order valence-electron chi connectivity index (χ0n) is 26.7. The Labute approximate surface area is 250 Å². The van der Waals surface area contributed by atoms with Crippen LogP contribution in [-0.4, -0.2) is 80.6 Å². The fraction of sp³-hybridized carbons (Fsp3) is 0.788. The minimum atomic E-state index is -0.886. The van der Waals surface area contributed by atoms with Crippen LogP contribution in [0.3, 0.4) is 0 Å². The second-order valence-electron chi connectivity index (χ2n) is 11.8. The van der Waals surface area contributed by atoms with Crippen molar-refractivity contribution in [2.24, 2.45) is 0 Å². The van der Waals surface area contributed by atoms with E-state index in [0.29, 0.717) is 12.8 Å². The van der Waals surface area contributed by atoms with Crippen LogP contribution >= 0.6 is 0 Å². The highest BCUT2D eigenvalue weighted by atomic mass is 16.6. The van der Waals surface area contributed by atoms with E-state index in [-0.39, 0.29) is 30.3 Å². The Balaban J connectivity index is 3.96. The van der Waals surface area contributed by atoms with Crippen LogP contribution in [0.2, 0.25) is 0 Å². The van der Waals surface area contributed by atoms with Gasteiger partial charge in [-0.05, 0) is 38.5 Å². The number of hydrogen-bond donors (Lipinski definition) is 1. The van der Waals surface area contributed by atoms with Crippen LogP contribution < -0.4 is 0 Å². The van der Waals surface area contributed by atoms with E-state index in [1.165, 1.54) is 64.7 Å². The van der Waals surface area contributed by atoms with E-state index in [9.17, 15) is 19.5 Å². The molecule has 2 unspecified atom stereocenters. The maximum atomic E-state index is 12.3. The van der Waals surface area contributed by atoms with Gasteiger partial charge in [0.25, 0.3) is 0 Å². The molecule has 0 saturated carbocycles. The quantitative estimate of drug-likeness (QED) is 0.0481. The highest BCUT2D eigenvalue weighted by molar-refractivity contribution is 5.72. The normalized spacial score (nSPS) is 13.5. The number of carbonyl (C=O) groups excluding carboxylic acids is 2. The molecular weight excluding hydrogens is 522 g/mol. The number of carboxylic acids is 1. The molecule has 0 spiro atoms. The molecule has 0 bridgehead atoms. The summed E-state index contributed by atoms with van der Waals surface area (Å²) in [5, 5.41) is 9.43. The van der Waals surface area contributed by atoms with Gasteiger partial charge in [0, 0.05) is 19.8 Å². The summed E-state index contributed by atoms with van der Waals surface area (Å²) in [5.41, 5.74) is 0. The molecule has 238 valence electrons. The maximum Gasteiger partial charge on any atom is 0.362 e. The lowest BCUT2D eigenvalue weighted by Gasteiger charge is -2.31. The van der Waals surface area contributed by atoms with Gasteiger partial charge in [-0.25, -0.2) is 4.79 Å². The summed E-state index contributed by atoms with van der Waals surface area (Å²) in [7, 11) is 5.46. The van der Waals surface area contributed by atoms with Crippen molar-refractivity contribution < 1.29 is 38.2 Å². The van der Waals surface area contributed by atoms with Crippen molar-refractivity contribution in [1.82, 2.24) is 0 Å². The Morgan fingerprint density at radius 2 is 1.34 bits per heavy atom. The van der Waals surface area contributed by atoms with Gasteiger partial charge in [0.15, 0.2) is 12.1 Å². The number of unbranched alkanes of at least 4 members (excludes halogenated alkanes) is 11. The van der Waals surface area contributed by atoms with Crippen LogP contribution in [0.1, 0.15) is 117 Å². The third-order valence-corrected chi connectivity index (χ3v) is 6.91. The van der Waals surface area contributed by atoms with Crippen molar-refractivity contribution in [3.63, 3.8) is 0 Å². The number of carbonyl (C=O) groups is 3. The van der Waals surface area contributed by atoms with E-state index in [4.69, 9.17) is 14.2 Å². The summed E-state index contributed by atoms with van der Waals surface area (Å²) in [5.74, 6) is -1.68. The number of likely N-dealkylation sites (N-methyl/N-ethyl adjacent to an activating group) is 1. The fourth-order valence-electron chi connectivity index (χ4n) is 4.43. The van der Waals surface area contributed by atoms with Crippen LogP contribution in [0.5, 0.6) is 0 Å². The molecule has 0 aliphatic heterocycles. The van der Waals surface area contributed by atoms with Crippen LogP contribution in [-0.2, 0) is 28.6 Å². The number of ether oxygens (including phenoxy) is 3. The van der Waals surface area contributed by atoms with Crippen molar-refractivity contribution in [2.45, 2.75) is 129 Å². The molecule has 0 fully saturated rings. The lowest BCUT2D eigenvalue weighted by atomic mass is 10.1. The molecule has 0 heterocycles. The number of nitrogens with zero attached hydrogens (tertiary/aromatic N) is 1. The number of allylic oxidation sites excluding steroid dienone is 4. The van der Waals surface area contributed by atoms with Crippen molar-refractivity contribution in [2.75, 3.05) is 41.0 Å². The van der Waals surface area contributed by atoms with Gasteiger partial charge in [0.2, 0.25) is 0 Å². The first-order valence-corrected chi connectivity index (χ1v) is 15.8. The van der Waals surface area contributed by atoms with Gasteiger partial charge >= 0.3 is 17.9 Å². The van der Waals surface area contributed by atoms with Crippen molar-refractivity contribution in [1.29, 1.82) is 0 Å². The average molecular weight is 583 g/mol. The molecule has 8 heteroatoms. The summed E-state index contributed by atoms with van der Waals surface area (Å²) >= 11 is 0. The topological polar surface area (TPSA) is 99.1 Å². The Hall–Kier alpha value is -2.19. The van der Waals surface area contributed by atoms with Gasteiger partial charge in [-0.1, -0.05) is 82.6 Å². The zero-order chi connectivity index (χ0) is 30.8. The first-order chi connectivity index (χ1) is 19.6. The predicted octanol–water partition coefficient (Wildman–Crippen LogP) is 7.01. The summed E-state index contributed by atoms with van der Waals surface area (Å²) in [6.07, 6.45) is 25.4. The smallest absolute Gasteiger partial charge is 0.362 e. The number of esters is 2. The minimum Gasteiger partial charge on any atom is -0.477 e. The summed E-state index contributed by atoms with van der Waals surface area (Å²) in [6.45, 7) is 3.71. The average Bonchev–Trinajstić information content (AvgIpc) is 2.89. The number of carboxylic acid groups (broad SMARTS) is 1. The van der Waals surface area contributed by atoms with E-state index in [2.05, 4.69) is 31.2 Å². The first kappa shape index (κ1) is 38.8. The van der Waals surface area contributed by atoms with Crippen molar-refractivity contribution >= 4 is 17.9 Å². The van der Waals surface area contributed by atoms with Gasteiger partial charge in [-0.15, -0.1) is 0 Å². The van der Waals surface area contributed by atoms with E-state index >= 15 is 0 Å². The molecule has 1 N–H and O–H groups in total. The molecule has 0 rings (SSSR count). The number of aliphatic carboxylic acids is 1. The number of hydrogen-bond acceptors (Lipinski definition) is 6. The van der Waals surface area contributed by atoms with Gasteiger partial charge < -0.3 is 23.8 Å². The highest BCUT2D eigenvalue weighted by Gasteiger charge is 2.31. The monoisotopic (exact) mass is 582 g/mol. The standard InChI is InChI=1S/C33H59NO7/c1-6-7-8-9-10-11-12-13-14-15-16-17-18-19-20-21-22-23-24-32(36)41-30(28-40-29(2)35)27-39-26-25-31(33(37)38)34(3,4)5/h11-12,14-15,30-31H,6-10,13,16-28H2,1-5H3/p+1/b12-11-,15-14-. The SMILES string of the molecule is CCCCCC/C=C\C/C=C\CCCCCCCCCC(=O)OC(COCCC(C(=O)O)[N+](C)(C)C)COC(C)=O. The third-order valence-electron chi connectivity index (χ3n) is 6.91. The molecule has 0 aromatic carbocycles. The second kappa shape index (κ2) is 25.5. The molecule has 0 aliphatic carbocycles. The van der Waals surface area contributed by atoms with Crippen LogP contribution in [0.15, 0.2) is 24.3 Å². The Kier molecular flexibility index (Phi) is 24.2. The summed E-state index contributed by atoms with van der Waals surface area (Å²) in [6, 6.07) is -0.608. The van der Waals surface area contributed by atoms with E-state index in [1.54, 1.807) is 0 Å². The van der Waals surface area contributed by atoms with E-state index in [1.807, 2.05) is 21.1 Å². The maximum absolute atomic E-state index is 12.3. The summed E-state index contributed by atoms with van der Waals surface area (Å²) in [4.78, 5) is 35.0. The van der Waals surface area contributed by atoms with Crippen molar-refractivity contribution in [3.8, 4) is 0 Å². The van der Waals surface area contributed by atoms with Crippen LogP contribution in [0, 0.1) is 0 Å². The van der Waals surface area contributed by atoms with E-state index in [0.717, 1.165) is 32.1 Å². The zero-order valence-corrected chi connectivity index (χ0v) is 26.7. The second-order valence-corrected chi connectivity index (χ2v) is 11.8. The minimum absolute atomic E-state index is 0.0491. The Bertz CT molecular complexity index is 742. The van der Waals surface area contributed by atoms with Crippen LogP contribution in [0.25, 0.3) is 0 Å². The first-order valence-electron chi connectivity index (χ1n) is 15.8. The molecule has 0 saturated heterocycles. The third kappa shape index (κ3) is 25.3. The van der Waals surface area contributed by atoms with Gasteiger partial charge in [-0.2, -0.15) is 0 Å². The molecule has 41 heavy (non-hydrogen) atoms. The molecule has 0 aromatic rings. The molecule has 8 nitrogen and oxygen atoms in total. The van der Waals surface area contributed by atoms with Crippen molar-refractivity contribution in [3.05, 3.63) is 24.3 Å². The molecular formula is C33H60NO7+. The Morgan fingerprint density at radius 3 is 1.88 bits per heavy atom. The van der Waals surface area contributed by atoms with Crippen LogP contribution in [0.4, 0.5) is 0 Å². The molecule has 0 aromatic heterocycles. The fourth-order valence-corrected chi connectivity index (χ4v) is 4.43. The highest BCUT2D eigenvalue weighted by Crippen LogP contribution is 2.12. The molecule has 0 radical (unpaired) electrons. The Morgan fingerprint density at radius 1 is 0.780 bits per heavy atom. The molecule has 0 aliphatic rings. The largest absolute Gasteiger partial charge is 0.477 e. The summed E-state index contributed by atoms with van der Waals surface area (Å²) < 4.78 is 16.4. The van der Waals surface area contributed by atoms with Gasteiger partial charge in [-0.3, -0.25) is 9.59 Å². The van der Waals surface area contributed by atoms with E-state index < -0.39 is 24.1 Å². The predicted molar refractivity (Wildman–Crippen MR) is 165 cm³/mol. The van der Waals surface area contributed by atoms with Gasteiger partial charge in [0.05, 0.1) is 34.4 Å². The molecule has 2 atom stereocenters.